The van der Waals surface area contributed by atoms with E-state index in [1.54, 1.807) is 0 Å². The lowest BCUT2D eigenvalue weighted by Gasteiger charge is -2.07. The summed E-state index contributed by atoms with van der Waals surface area (Å²) in [6.07, 6.45) is 2.30. The minimum atomic E-state index is 0.787. The molecule has 0 amide bonds. The SMILES string of the molecule is CCCCn1c(C)nc(-c2ccccc2C)c1N. The van der Waals surface area contributed by atoms with Crippen molar-refractivity contribution >= 4 is 5.82 Å². The van der Waals surface area contributed by atoms with Crippen LogP contribution in [0.1, 0.15) is 31.2 Å². The van der Waals surface area contributed by atoms with E-state index in [1.807, 2.05) is 19.1 Å². The molecule has 3 heteroatoms. The summed E-state index contributed by atoms with van der Waals surface area (Å²) in [4.78, 5) is 4.63. The minimum absolute atomic E-state index is 0.787. The Bertz CT molecular complexity index is 541. The number of imidazole rings is 1. The Hall–Kier alpha value is -1.77. The zero-order valence-electron chi connectivity index (χ0n) is 11.4. The molecular weight excluding hydrogens is 222 g/mol. The number of aromatic nitrogens is 2. The van der Waals surface area contributed by atoms with Gasteiger partial charge < -0.3 is 10.3 Å². The highest BCUT2D eigenvalue weighted by Crippen LogP contribution is 2.28. The first-order valence-corrected chi connectivity index (χ1v) is 6.53. The van der Waals surface area contributed by atoms with Crippen molar-refractivity contribution in [1.82, 2.24) is 9.55 Å². The number of nitrogens with two attached hydrogens (primary N) is 1. The molecule has 1 heterocycles. The Morgan fingerprint density at radius 1 is 1.22 bits per heavy atom. The van der Waals surface area contributed by atoms with Crippen molar-refractivity contribution in [1.29, 1.82) is 0 Å². The zero-order valence-corrected chi connectivity index (χ0v) is 11.4. The van der Waals surface area contributed by atoms with Gasteiger partial charge >= 0.3 is 0 Å². The molecule has 2 N–H and O–H groups in total. The molecule has 18 heavy (non-hydrogen) atoms. The summed E-state index contributed by atoms with van der Waals surface area (Å²) < 4.78 is 2.12. The summed E-state index contributed by atoms with van der Waals surface area (Å²) in [5, 5.41) is 0. The van der Waals surface area contributed by atoms with Gasteiger partial charge in [-0.25, -0.2) is 4.98 Å². The van der Waals surface area contributed by atoms with Crippen molar-refractivity contribution in [3.8, 4) is 11.3 Å². The minimum Gasteiger partial charge on any atom is -0.383 e. The first kappa shape index (κ1) is 12.7. The zero-order chi connectivity index (χ0) is 13.1. The molecule has 0 aliphatic carbocycles. The Balaban J connectivity index is 2.44. The fraction of sp³-hybridized carbons (Fsp3) is 0.400. The van der Waals surface area contributed by atoms with Crippen molar-refractivity contribution in [2.24, 2.45) is 0 Å². The third kappa shape index (κ3) is 2.26. The number of anilines is 1. The maximum absolute atomic E-state index is 6.25. The van der Waals surface area contributed by atoms with E-state index in [9.17, 15) is 0 Å². The van der Waals surface area contributed by atoms with Gasteiger partial charge in [0.15, 0.2) is 0 Å². The van der Waals surface area contributed by atoms with Crippen molar-refractivity contribution < 1.29 is 0 Å². The highest BCUT2D eigenvalue weighted by molar-refractivity contribution is 5.73. The van der Waals surface area contributed by atoms with Crippen LogP contribution in [0.4, 0.5) is 5.82 Å². The number of rotatable bonds is 4. The van der Waals surface area contributed by atoms with Gasteiger partial charge in [-0.15, -0.1) is 0 Å². The van der Waals surface area contributed by atoms with Gasteiger partial charge in [-0.1, -0.05) is 37.6 Å². The number of unbranched alkanes of at least 4 members (excludes halogenated alkanes) is 1. The second kappa shape index (κ2) is 5.25. The molecule has 0 bridgehead atoms. The number of aryl methyl sites for hydroxylation is 2. The summed E-state index contributed by atoms with van der Waals surface area (Å²) in [7, 11) is 0. The third-order valence-corrected chi connectivity index (χ3v) is 3.33. The molecule has 0 atom stereocenters. The molecule has 2 aromatic rings. The quantitative estimate of drug-likeness (QED) is 0.892. The lowest BCUT2D eigenvalue weighted by Crippen LogP contribution is -2.05. The second-order valence-electron chi connectivity index (χ2n) is 4.71. The predicted molar refractivity (Wildman–Crippen MR) is 76.5 cm³/mol. The van der Waals surface area contributed by atoms with E-state index in [0.29, 0.717) is 0 Å². The Labute approximate surface area is 109 Å². The Morgan fingerprint density at radius 3 is 2.61 bits per heavy atom. The van der Waals surface area contributed by atoms with E-state index >= 15 is 0 Å². The van der Waals surface area contributed by atoms with Gasteiger partial charge in [0.1, 0.15) is 17.3 Å². The Kier molecular flexibility index (Phi) is 3.70. The van der Waals surface area contributed by atoms with Crippen LogP contribution in [0.15, 0.2) is 24.3 Å². The fourth-order valence-corrected chi connectivity index (χ4v) is 2.22. The molecule has 0 unspecified atom stereocenters. The molecule has 0 saturated heterocycles. The monoisotopic (exact) mass is 243 g/mol. The summed E-state index contributed by atoms with van der Waals surface area (Å²) in [6.45, 7) is 7.25. The predicted octanol–water partition coefficient (Wildman–Crippen LogP) is 3.55. The van der Waals surface area contributed by atoms with Gasteiger partial charge in [0.2, 0.25) is 0 Å². The highest BCUT2D eigenvalue weighted by Gasteiger charge is 2.14. The average Bonchev–Trinajstić information content (AvgIpc) is 2.63. The van der Waals surface area contributed by atoms with Gasteiger partial charge in [0, 0.05) is 12.1 Å². The van der Waals surface area contributed by atoms with Crippen LogP contribution in [0.25, 0.3) is 11.3 Å². The van der Waals surface area contributed by atoms with Crippen LogP contribution in [0.3, 0.4) is 0 Å². The van der Waals surface area contributed by atoms with E-state index in [4.69, 9.17) is 5.73 Å². The van der Waals surface area contributed by atoms with E-state index in [1.165, 1.54) is 5.56 Å². The lowest BCUT2D eigenvalue weighted by molar-refractivity contribution is 0.622. The largest absolute Gasteiger partial charge is 0.383 e. The fourth-order valence-electron chi connectivity index (χ4n) is 2.22. The van der Waals surface area contributed by atoms with Crippen molar-refractivity contribution in [2.45, 2.75) is 40.2 Å². The summed E-state index contributed by atoms with van der Waals surface area (Å²) >= 11 is 0. The number of hydrogen-bond donors (Lipinski definition) is 1. The second-order valence-corrected chi connectivity index (χ2v) is 4.71. The van der Waals surface area contributed by atoms with Crippen LogP contribution in [0.5, 0.6) is 0 Å². The molecule has 96 valence electrons. The van der Waals surface area contributed by atoms with Crippen LogP contribution in [0, 0.1) is 13.8 Å². The van der Waals surface area contributed by atoms with Crippen LogP contribution in [-0.2, 0) is 6.54 Å². The van der Waals surface area contributed by atoms with Gasteiger partial charge in [0.25, 0.3) is 0 Å². The van der Waals surface area contributed by atoms with Gasteiger partial charge in [-0.05, 0) is 25.8 Å². The standard InChI is InChI=1S/C15H21N3/c1-4-5-10-18-12(3)17-14(15(18)16)13-9-7-6-8-11(13)2/h6-9H,4-5,10,16H2,1-3H3. The molecule has 2 rings (SSSR count). The highest BCUT2D eigenvalue weighted by atomic mass is 15.1. The molecule has 3 nitrogen and oxygen atoms in total. The number of nitrogen functional groups attached to an aromatic ring is 1. The van der Waals surface area contributed by atoms with Crippen LogP contribution in [0.2, 0.25) is 0 Å². The molecule has 0 aliphatic rings. The van der Waals surface area contributed by atoms with Gasteiger partial charge in [-0.3, -0.25) is 0 Å². The number of hydrogen-bond acceptors (Lipinski definition) is 2. The third-order valence-electron chi connectivity index (χ3n) is 3.33. The maximum Gasteiger partial charge on any atom is 0.131 e. The normalized spacial score (nSPS) is 10.8. The molecule has 1 aromatic carbocycles. The average molecular weight is 243 g/mol. The molecule has 0 saturated carbocycles. The lowest BCUT2D eigenvalue weighted by atomic mass is 10.1. The number of nitrogens with zero attached hydrogens (tertiary/aromatic N) is 2. The van der Waals surface area contributed by atoms with Crippen molar-refractivity contribution in [3.05, 3.63) is 35.7 Å². The van der Waals surface area contributed by atoms with Crippen LogP contribution >= 0.6 is 0 Å². The molecular formula is C15H21N3. The van der Waals surface area contributed by atoms with E-state index in [0.717, 1.165) is 42.3 Å². The van der Waals surface area contributed by atoms with E-state index in [2.05, 4.69) is 35.5 Å². The van der Waals surface area contributed by atoms with E-state index in [-0.39, 0.29) is 0 Å². The summed E-state index contributed by atoms with van der Waals surface area (Å²) in [5.41, 5.74) is 9.51. The Morgan fingerprint density at radius 2 is 1.94 bits per heavy atom. The maximum atomic E-state index is 6.25. The first-order chi connectivity index (χ1) is 8.65. The van der Waals surface area contributed by atoms with Gasteiger partial charge in [0.05, 0.1) is 0 Å². The summed E-state index contributed by atoms with van der Waals surface area (Å²) in [6, 6.07) is 8.24. The van der Waals surface area contributed by atoms with Crippen molar-refractivity contribution in [2.75, 3.05) is 5.73 Å². The topological polar surface area (TPSA) is 43.8 Å². The smallest absolute Gasteiger partial charge is 0.131 e. The molecule has 0 aliphatic heterocycles. The van der Waals surface area contributed by atoms with Crippen LogP contribution < -0.4 is 5.73 Å². The van der Waals surface area contributed by atoms with Gasteiger partial charge in [-0.2, -0.15) is 0 Å². The molecule has 1 aromatic heterocycles. The first-order valence-electron chi connectivity index (χ1n) is 6.53. The van der Waals surface area contributed by atoms with Crippen molar-refractivity contribution in [3.63, 3.8) is 0 Å². The molecule has 0 spiro atoms. The number of benzene rings is 1. The molecule has 0 radical (unpaired) electrons. The van der Waals surface area contributed by atoms with E-state index < -0.39 is 0 Å². The van der Waals surface area contributed by atoms with Crippen LogP contribution in [-0.4, -0.2) is 9.55 Å². The summed E-state index contributed by atoms with van der Waals surface area (Å²) in [5.74, 6) is 1.79. The molecule has 0 fully saturated rings.